The maximum absolute atomic E-state index is 13.7. The molecule has 0 unspecified atom stereocenters. The van der Waals surface area contributed by atoms with Crippen LogP contribution in [0.25, 0.3) is 16.8 Å². The van der Waals surface area contributed by atoms with Crippen molar-refractivity contribution in [2.45, 2.75) is 33.1 Å². The fourth-order valence-corrected chi connectivity index (χ4v) is 4.26. The highest BCUT2D eigenvalue weighted by Crippen LogP contribution is 2.33. The normalized spacial score (nSPS) is 13.1. The lowest BCUT2D eigenvalue weighted by Gasteiger charge is -2.20. The highest BCUT2D eigenvalue weighted by molar-refractivity contribution is 6.04. The number of carbonyl (C=O) groups is 2. The van der Waals surface area contributed by atoms with Crippen molar-refractivity contribution in [2.75, 3.05) is 16.8 Å². The van der Waals surface area contributed by atoms with Gasteiger partial charge < -0.3 is 5.32 Å². The van der Waals surface area contributed by atoms with Crippen LogP contribution in [0.4, 0.5) is 20.3 Å². The molecule has 0 saturated heterocycles. The van der Waals surface area contributed by atoms with Crippen molar-refractivity contribution in [1.82, 2.24) is 24.7 Å². The summed E-state index contributed by atoms with van der Waals surface area (Å²) in [6.07, 6.45) is 4.53. The highest BCUT2D eigenvalue weighted by atomic mass is 19.3. The van der Waals surface area contributed by atoms with Gasteiger partial charge in [0.1, 0.15) is 17.8 Å². The van der Waals surface area contributed by atoms with E-state index in [0.29, 0.717) is 29.6 Å². The number of likely N-dealkylation sites (N-methyl/N-ethyl adjacent to an activating group) is 1. The molecule has 0 spiro atoms. The molecular weight excluding hydrogens is 480 g/mol. The third-order valence-corrected chi connectivity index (χ3v) is 6.19. The second kappa shape index (κ2) is 9.16. The molecule has 2 amide bonds. The largest absolute Gasteiger partial charge is 0.322 e. The summed E-state index contributed by atoms with van der Waals surface area (Å²) >= 11 is 0. The number of hydrogen-bond acceptors (Lipinski definition) is 6. The Kier molecular flexibility index (Phi) is 5.98. The lowest BCUT2D eigenvalue weighted by atomic mass is 10.0. The van der Waals surface area contributed by atoms with Crippen molar-refractivity contribution in [1.29, 1.82) is 0 Å². The number of pyridine rings is 2. The first-order chi connectivity index (χ1) is 17.7. The number of amides is 2. The number of aryl methyl sites for hydroxylation is 1. The van der Waals surface area contributed by atoms with Crippen LogP contribution < -0.4 is 10.2 Å². The summed E-state index contributed by atoms with van der Waals surface area (Å²) in [6, 6.07) is 9.74. The standard InChI is InChI=1S/C26H23F2N7O2/c1-4-34-23(36)12-22-33-31-14-35(22)20-9-17(13-30-24(20)34)19-11-18(6-5-15(19)2)32-25(37)16-7-8-29-21(10-16)26(3,27)28/h5-11,13-14H,4,12H2,1-3H3,(H,32,37). The number of halogens is 2. The van der Waals surface area contributed by atoms with Crippen molar-refractivity contribution >= 4 is 23.3 Å². The molecule has 3 aromatic heterocycles. The third kappa shape index (κ3) is 4.55. The van der Waals surface area contributed by atoms with E-state index in [2.05, 4.69) is 25.5 Å². The number of carbonyl (C=O) groups excluding carboxylic acids is 2. The molecule has 0 aliphatic carbocycles. The lowest BCUT2D eigenvalue weighted by Crippen LogP contribution is -2.32. The molecule has 0 radical (unpaired) electrons. The first kappa shape index (κ1) is 24.2. The number of nitrogens with one attached hydrogen (secondary N) is 1. The number of alkyl halides is 2. The van der Waals surface area contributed by atoms with E-state index in [-0.39, 0.29) is 17.9 Å². The van der Waals surface area contributed by atoms with Crippen molar-refractivity contribution in [3.8, 4) is 16.8 Å². The fourth-order valence-electron chi connectivity index (χ4n) is 4.26. The van der Waals surface area contributed by atoms with Crippen LogP contribution in [0.2, 0.25) is 0 Å². The molecule has 4 aromatic rings. The first-order valence-electron chi connectivity index (χ1n) is 11.6. The van der Waals surface area contributed by atoms with Gasteiger partial charge in [0.25, 0.3) is 11.8 Å². The molecular formula is C26H23F2N7O2. The Bertz CT molecular complexity index is 1530. The molecule has 188 valence electrons. The van der Waals surface area contributed by atoms with E-state index in [9.17, 15) is 18.4 Å². The van der Waals surface area contributed by atoms with E-state index < -0.39 is 17.5 Å². The maximum Gasteiger partial charge on any atom is 0.286 e. The number of nitrogens with zero attached hydrogens (tertiary/aromatic N) is 6. The zero-order chi connectivity index (χ0) is 26.3. The molecule has 37 heavy (non-hydrogen) atoms. The minimum atomic E-state index is -3.16. The molecule has 1 N–H and O–H groups in total. The van der Waals surface area contributed by atoms with E-state index in [1.165, 1.54) is 12.3 Å². The molecule has 5 rings (SSSR count). The van der Waals surface area contributed by atoms with Crippen LogP contribution in [-0.2, 0) is 17.1 Å². The topological polar surface area (TPSA) is 106 Å². The summed E-state index contributed by atoms with van der Waals surface area (Å²) in [5, 5.41) is 10.8. The van der Waals surface area contributed by atoms with Crippen LogP contribution in [0.1, 0.15) is 41.3 Å². The molecule has 0 fully saturated rings. The van der Waals surface area contributed by atoms with Gasteiger partial charge in [0.15, 0.2) is 5.82 Å². The van der Waals surface area contributed by atoms with Crippen LogP contribution in [0.5, 0.6) is 0 Å². The van der Waals surface area contributed by atoms with E-state index in [0.717, 1.165) is 29.7 Å². The zero-order valence-electron chi connectivity index (χ0n) is 20.4. The number of benzene rings is 1. The summed E-state index contributed by atoms with van der Waals surface area (Å²) < 4.78 is 29.1. The molecule has 0 atom stereocenters. The number of fused-ring (bicyclic) bond motifs is 3. The molecule has 11 heteroatoms. The Labute approximate surface area is 211 Å². The number of hydrogen-bond donors (Lipinski definition) is 1. The van der Waals surface area contributed by atoms with Crippen molar-refractivity contribution < 1.29 is 18.4 Å². The second-order valence-corrected chi connectivity index (χ2v) is 8.80. The quantitative estimate of drug-likeness (QED) is 0.435. The predicted octanol–water partition coefficient (Wildman–Crippen LogP) is 4.31. The number of aromatic nitrogens is 5. The highest BCUT2D eigenvalue weighted by Gasteiger charge is 2.28. The van der Waals surface area contributed by atoms with Crippen LogP contribution in [0.3, 0.4) is 0 Å². The van der Waals surface area contributed by atoms with Gasteiger partial charge in [-0.05, 0) is 55.3 Å². The van der Waals surface area contributed by atoms with E-state index in [1.54, 1.807) is 34.1 Å². The third-order valence-electron chi connectivity index (χ3n) is 6.19. The molecule has 1 aliphatic heterocycles. The Hall–Kier alpha value is -4.54. The maximum atomic E-state index is 13.7. The van der Waals surface area contributed by atoms with Gasteiger partial charge >= 0.3 is 0 Å². The zero-order valence-corrected chi connectivity index (χ0v) is 20.4. The molecule has 9 nitrogen and oxygen atoms in total. The van der Waals surface area contributed by atoms with Crippen molar-refractivity contribution in [3.63, 3.8) is 0 Å². The van der Waals surface area contributed by atoms with Gasteiger partial charge in [0.05, 0.1) is 12.1 Å². The Morgan fingerprint density at radius 2 is 1.97 bits per heavy atom. The van der Waals surface area contributed by atoms with Gasteiger partial charge in [0, 0.05) is 42.7 Å². The van der Waals surface area contributed by atoms with Gasteiger partial charge in [-0.25, -0.2) is 4.98 Å². The minimum Gasteiger partial charge on any atom is -0.322 e. The summed E-state index contributed by atoms with van der Waals surface area (Å²) in [4.78, 5) is 35.4. The monoisotopic (exact) mass is 503 g/mol. The van der Waals surface area contributed by atoms with Gasteiger partial charge in [0.2, 0.25) is 5.91 Å². The Balaban J connectivity index is 1.50. The smallest absolute Gasteiger partial charge is 0.286 e. The average Bonchev–Trinajstić information content (AvgIpc) is 3.29. The summed E-state index contributed by atoms with van der Waals surface area (Å²) in [5.74, 6) is -2.77. The van der Waals surface area contributed by atoms with E-state index >= 15 is 0 Å². The predicted molar refractivity (Wildman–Crippen MR) is 133 cm³/mol. The van der Waals surface area contributed by atoms with Crippen molar-refractivity contribution in [3.05, 3.63) is 77.8 Å². The number of rotatable bonds is 5. The van der Waals surface area contributed by atoms with E-state index in [4.69, 9.17) is 0 Å². The Morgan fingerprint density at radius 1 is 1.16 bits per heavy atom. The van der Waals surface area contributed by atoms with Gasteiger partial charge in [-0.2, -0.15) is 8.78 Å². The van der Waals surface area contributed by atoms with Crippen LogP contribution >= 0.6 is 0 Å². The van der Waals surface area contributed by atoms with Gasteiger partial charge in [-0.3, -0.25) is 24.0 Å². The van der Waals surface area contributed by atoms with Crippen LogP contribution in [0.15, 0.2) is 55.1 Å². The summed E-state index contributed by atoms with van der Waals surface area (Å²) in [6.45, 7) is 5.00. The van der Waals surface area contributed by atoms with Crippen LogP contribution in [0, 0.1) is 6.92 Å². The van der Waals surface area contributed by atoms with E-state index in [1.807, 2.05) is 26.0 Å². The van der Waals surface area contributed by atoms with Gasteiger partial charge in [-0.1, -0.05) is 6.07 Å². The number of anilines is 2. The molecule has 0 saturated carbocycles. The SMILES string of the molecule is CCN1C(=O)Cc2nncn2-c2cc(-c3cc(NC(=O)c4ccnc(C(C)(F)F)c4)ccc3C)cnc21. The average molecular weight is 504 g/mol. The summed E-state index contributed by atoms with van der Waals surface area (Å²) in [7, 11) is 0. The minimum absolute atomic E-state index is 0.0739. The van der Waals surface area contributed by atoms with Crippen LogP contribution in [-0.4, -0.2) is 43.1 Å². The van der Waals surface area contributed by atoms with Crippen molar-refractivity contribution in [2.24, 2.45) is 0 Å². The molecule has 4 heterocycles. The second-order valence-electron chi connectivity index (χ2n) is 8.80. The first-order valence-corrected chi connectivity index (χ1v) is 11.6. The Morgan fingerprint density at radius 3 is 2.73 bits per heavy atom. The lowest BCUT2D eigenvalue weighted by molar-refractivity contribution is -0.118. The molecule has 1 aliphatic rings. The van der Waals surface area contributed by atoms with Gasteiger partial charge in [-0.15, -0.1) is 10.2 Å². The molecule has 1 aromatic carbocycles. The summed E-state index contributed by atoms with van der Waals surface area (Å²) in [5.41, 5.74) is 3.24. The fraction of sp³-hybridized carbons (Fsp3) is 0.231. The molecule has 0 bridgehead atoms.